The minimum atomic E-state index is -0.00319. The summed E-state index contributed by atoms with van der Waals surface area (Å²) >= 11 is 0. The molecule has 4 atom stereocenters. The lowest BCUT2D eigenvalue weighted by Gasteiger charge is -2.42. The van der Waals surface area contributed by atoms with Crippen molar-refractivity contribution in [1.82, 2.24) is 24.9 Å². The number of rotatable bonds is 6. The number of amides is 2. The number of aromatic nitrogens is 2. The van der Waals surface area contributed by atoms with E-state index in [4.69, 9.17) is 4.74 Å². The Hall–Kier alpha value is -1.60. The summed E-state index contributed by atoms with van der Waals surface area (Å²) < 4.78 is 7.57. The Bertz CT molecular complexity index is 613. The zero-order valence-electron chi connectivity index (χ0n) is 17.2. The normalized spacial score (nSPS) is 27.5. The molecule has 0 spiro atoms. The van der Waals surface area contributed by atoms with Crippen molar-refractivity contribution in [2.45, 2.75) is 57.7 Å². The number of hydrogen-bond donors (Lipinski definition) is 1. The summed E-state index contributed by atoms with van der Waals surface area (Å²) in [5.41, 5.74) is 1.26. The number of carbonyl (C=O) groups excluding carboxylic acids is 1. The van der Waals surface area contributed by atoms with Gasteiger partial charge in [0.1, 0.15) is 0 Å². The van der Waals surface area contributed by atoms with Gasteiger partial charge in [0.15, 0.2) is 0 Å². The van der Waals surface area contributed by atoms with Gasteiger partial charge in [-0.2, -0.15) is 5.10 Å². The number of urea groups is 1. The first-order valence-corrected chi connectivity index (χ1v) is 10.4. The van der Waals surface area contributed by atoms with Crippen molar-refractivity contribution in [3.63, 3.8) is 0 Å². The standard InChI is InChI=1S/C20H35N5O2/c1-5-25-10-6-8-16(19(25)17-12-21-24(4)14-17)13-23(3)20(26)22-15(2)18-9-7-11-27-18/h12,14-16,18-19H,5-11,13H2,1-4H3,(H,22,26)/t15-,16+,18+,19-/m1/s1. The smallest absolute Gasteiger partial charge is 0.317 e. The molecule has 3 rings (SSSR count). The minimum absolute atomic E-state index is 0.00319. The van der Waals surface area contributed by atoms with E-state index in [2.05, 4.69) is 28.4 Å². The number of likely N-dealkylation sites (tertiary alicyclic amines) is 1. The second-order valence-corrected chi connectivity index (χ2v) is 8.09. The van der Waals surface area contributed by atoms with E-state index in [1.54, 1.807) is 0 Å². The molecule has 2 saturated heterocycles. The maximum atomic E-state index is 12.7. The SMILES string of the molecule is CCN1CCC[C@@H](CN(C)C(=O)N[C@H](C)[C@@H]2CCCO2)[C@@H]1c1cnn(C)c1. The van der Waals surface area contributed by atoms with E-state index in [1.807, 2.05) is 36.8 Å². The molecule has 3 heterocycles. The van der Waals surface area contributed by atoms with E-state index in [-0.39, 0.29) is 18.2 Å². The van der Waals surface area contributed by atoms with E-state index in [0.717, 1.165) is 45.5 Å². The van der Waals surface area contributed by atoms with Crippen molar-refractivity contribution in [3.8, 4) is 0 Å². The number of carbonyl (C=O) groups is 1. The number of ether oxygens (including phenoxy) is 1. The van der Waals surface area contributed by atoms with Crippen LogP contribution in [0.1, 0.15) is 51.1 Å². The largest absolute Gasteiger partial charge is 0.376 e. The maximum Gasteiger partial charge on any atom is 0.317 e. The van der Waals surface area contributed by atoms with Crippen LogP contribution in [0.25, 0.3) is 0 Å². The van der Waals surface area contributed by atoms with Crippen LogP contribution in [0.5, 0.6) is 0 Å². The number of nitrogens with zero attached hydrogens (tertiary/aromatic N) is 4. The molecule has 152 valence electrons. The monoisotopic (exact) mass is 377 g/mol. The van der Waals surface area contributed by atoms with Crippen molar-refractivity contribution in [3.05, 3.63) is 18.0 Å². The molecule has 0 radical (unpaired) electrons. The highest BCUT2D eigenvalue weighted by Crippen LogP contribution is 2.36. The molecule has 7 nitrogen and oxygen atoms in total. The number of aryl methyl sites for hydroxylation is 1. The van der Waals surface area contributed by atoms with Crippen LogP contribution in [0, 0.1) is 5.92 Å². The molecule has 0 aliphatic carbocycles. The predicted molar refractivity (Wildman–Crippen MR) is 106 cm³/mol. The Morgan fingerprint density at radius 1 is 1.44 bits per heavy atom. The molecule has 1 aromatic heterocycles. The second kappa shape index (κ2) is 9.06. The summed E-state index contributed by atoms with van der Waals surface area (Å²) in [6, 6.07) is 0.370. The Kier molecular flexibility index (Phi) is 6.76. The second-order valence-electron chi connectivity index (χ2n) is 8.09. The average molecular weight is 378 g/mol. The lowest BCUT2D eigenvalue weighted by molar-refractivity contribution is 0.0735. The van der Waals surface area contributed by atoms with Crippen molar-refractivity contribution < 1.29 is 9.53 Å². The molecule has 27 heavy (non-hydrogen) atoms. The number of piperidine rings is 1. The fraction of sp³-hybridized carbons (Fsp3) is 0.800. The fourth-order valence-electron chi connectivity index (χ4n) is 4.60. The van der Waals surface area contributed by atoms with Crippen LogP contribution in [0.15, 0.2) is 12.4 Å². The summed E-state index contributed by atoms with van der Waals surface area (Å²) in [5, 5.41) is 7.50. The van der Waals surface area contributed by atoms with Gasteiger partial charge in [-0.3, -0.25) is 9.58 Å². The minimum Gasteiger partial charge on any atom is -0.376 e. The third-order valence-electron chi connectivity index (χ3n) is 6.06. The summed E-state index contributed by atoms with van der Waals surface area (Å²) in [5.74, 6) is 0.414. The van der Waals surface area contributed by atoms with Gasteiger partial charge >= 0.3 is 6.03 Å². The van der Waals surface area contributed by atoms with Crippen LogP contribution in [0.3, 0.4) is 0 Å². The van der Waals surface area contributed by atoms with Crippen molar-refractivity contribution in [2.24, 2.45) is 13.0 Å². The summed E-state index contributed by atoms with van der Waals surface area (Å²) in [4.78, 5) is 17.1. The van der Waals surface area contributed by atoms with Crippen LogP contribution in [0.4, 0.5) is 4.79 Å². The Balaban J connectivity index is 1.63. The summed E-state index contributed by atoms with van der Waals surface area (Å²) in [6.45, 7) is 7.94. The summed E-state index contributed by atoms with van der Waals surface area (Å²) in [7, 11) is 3.87. The molecule has 7 heteroatoms. The van der Waals surface area contributed by atoms with Crippen LogP contribution in [-0.4, -0.2) is 71.0 Å². The van der Waals surface area contributed by atoms with Crippen LogP contribution in [-0.2, 0) is 11.8 Å². The topological polar surface area (TPSA) is 62.6 Å². The molecule has 2 aliphatic rings. The zero-order valence-corrected chi connectivity index (χ0v) is 17.2. The molecule has 1 aromatic rings. The first kappa shape index (κ1) is 20.1. The fourth-order valence-corrected chi connectivity index (χ4v) is 4.60. The maximum absolute atomic E-state index is 12.7. The van der Waals surface area contributed by atoms with Crippen molar-refractivity contribution in [1.29, 1.82) is 0 Å². The van der Waals surface area contributed by atoms with Gasteiger partial charge in [0.2, 0.25) is 0 Å². The Morgan fingerprint density at radius 2 is 2.26 bits per heavy atom. The van der Waals surface area contributed by atoms with Gasteiger partial charge in [-0.25, -0.2) is 4.79 Å². The third kappa shape index (κ3) is 4.82. The third-order valence-corrected chi connectivity index (χ3v) is 6.06. The molecule has 0 unspecified atom stereocenters. The van der Waals surface area contributed by atoms with Gasteiger partial charge in [0.05, 0.1) is 18.3 Å². The van der Waals surface area contributed by atoms with Crippen LogP contribution in [0.2, 0.25) is 0 Å². The van der Waals surface area contributed by atoms with Gasteiger partial charge in [0, 0.05) is 45.0 Å². The Morgan fingerprint density at radius 3 is 2.89 bits per heavy atom. The first-order chi connectivity index (χ1) is 13.0. The molecule has 2 amide bonds. The van der Waals surface area contributed by atoms with Crippen molar-refractivity contribution in [2.75, 3.05) is 33.3 Å². The highest BCUT2D eigenvalue weighted by molar-refractivity contribution is 5.74. The van der Waals surface area contributed by atoms with Crippen molar-refractivity contribution >= 4 is 6.03 Å². The van der Waals surface area contributed by atoms with E-state index in [0.29, 0.717) is 12.0 Å². The first-order valence-electron chi connectivity index (χ1n) is 10.4. The molecule has 1 N–H and O–H groups in total. The zero-order chi connectivity index (χ0) is 19.4. The molecular weight excluding hydrogens is 342 g/mol. The van der Waals surface area contributed by atoms with Gasteiger partial charge in [0.25, 0.3) is 0 Å². The van der Waals surface area contributed by atoms with Gasteiger partial charge in [-0.15, -0.1) is 0 Å². The van der Waals surface area contributed by atoms with E-state index in [1.165, 1.54) is 12.0 Å². The van der Waals surface area contributed by atoms with Crippen LogP contribution < -0.4 is 5.32 Å². The predicted octanol–water partition coefficient (Wildman–Crippen LogP) is 2.40. The Labute approximate surface area is 163 Å². The van der Waals surface area contributed by atoms with E-state index >= 15 is 0 Å². The summed E-state index contributed by atoms with van der Waals surface area (Å²) in [6.07, 6.45) is 8.67. The number of hydrogen-bond acceptors (Lipinski definition) is 4. The number of nitrogens with one attached hydrogen (secondary N) is 1. The quantitative estimate of drug-likeness (QED) is 0.827. The lowest BCUT2D eigenvalue weighted by Crippen LogP contribution is -2.49. The van der Waals surface area contributed by atoms with Gasteiger partial charge < -0.3 is 15.0 Å². The highest BCUT2D eigenvalue weighted by atomic mass is 16.5. The molecule has 0 bridgehead atoms. The highest BCUT2D eigenvalue weighted by Gasteiger charge is 2.34. The van der Waals surface area contributed by atoms with Gasteiger partial charge in [-0.05, 0) is 51.6 Å². The van der Waals surface area contributed by atoms with Gasteiger partial charge in [-0.1, -0.05) is 6.92 Å². The molecule has 0 saturated carbocycles. The van der Waals surface area contributed by atoms with E-state index in [9.17, 15) is 4.79 Å². The lowest BCUT2D eigenvalue weighted by atomic mass is 9.85. The molecule has 0 aromatic carbocycles. The van der Waals surface area contributed by atoms with E-state index < -0.39 is 0 Å². The molecule has 2 fully saturated rings. The molecular formula is C20H35N5O2. The molecule has 2 aliphatic heterocycles. The van der Waals surface area contributed by atoms with Crippen LogP contribution >= 0.6 is 0 Å². The average Bonchev–Trinajstić information content (AvgIpc) is 3.33.